The fraction of sp³-hybridized carbons (Fsp3) is 0.385. The van der Waals surface area contributed by atoms with Crippen LogP contribution in [0.4, 0.5) is 18.0 Å². The normalized spacial score (nSPS) is 23.1. The van der Waals surface area contributed by atoms with Gasteiger partial charge >= 0.3 is 12.3 Å². The maximum Gasteiger partial charge on any atom is 0.417 e. The minimum atomic E-state index is -4.93. The maximum atomic E-state index is 13.7. The number of hydrogen-bond acceptors (Lipinski definition) is 5. The molecule has 1 aliphatic heterocycles. The number of ether oxygens (including phenoxy) is 2. The number of rotatable bonds is 7. The van der Waals surface area contributed by atoms with E-state index in [9.17, 15) is 27.9 Å². The molecular weight excluding hydrogens is 463 g/mol. The number of aliphatic hydroxyl groups is 1. The summed E-state index contributed by atoms with van der Waals surface area (Å²) in [5.41, 5.74) is 1.07. The van der Waals surface area contributed by atoms with Gasteiger partial charge in [0, 0.05) is 5.57 Å². The van der Waals surface area contributed by atoms with Crippen LogP contribution in [0.5, 0.6) is 5.75 Å². The molecule has 1 aliphatic carbocycles. The van der Waals surface area contributed by atoms with E-state index in [1.807, 2.05) is 6.07 Å². The number of nitrogens with zero attached hydrogens (tertiary/aromatic N) is 1. The number of fused-ring (bicyclic) bond motifs is 1. The van der Waals surface area contributed by atoms with Crippen molar-refractivity contribution in [2.24, 2.45) is 5.92 Å². The Bertz CT molecular complexity index is 1130. The van der Waals surface area contributed by atoms with Crippen molar-refractivity contribution < 1.29 is 37.3 Å². The van der Waals surface area contributed by atoms with E-state index in [-0.39, 0.29) is 12.3 Å². The predicted octanol–water partition coefficient (Wildman–Crippen LogP) is 4.93. The Morgan fingerprint density at radius 1 is 1.26 bits per heavy atom. The van der Waals surface area contributed by atoms with E-state index >= 15 is 0 Å². The summed E-state index contributed by atoms with van der Waals surface area (Å²) in [5, 5.41) is 10.9. The number of halogens is 3. The second-order valence-corrected chi connectivity index (χ2v) is 8.93. The van der Waals surface area contributed by atoms with Crippen molar-refractivity contribution in [3.63, 3.8) is 0 Å². The van der Waals surface area contributed by atoms with Crippen LogP contribution < -0.4 is 4.74 Å². The van der Waals surface area contributed by atoms with Crippen molar-refractivity contribution >= 4 is 12.0 Å². The lowest BCUT2D eigenvalue weighted by molar-refractivity contribution is -0.143. The quantitative estimate of drug-likeness (QED) is 0.559. The SMILES string of the molecule is C=C([C@@H](C(=O)N1C(=O)O[C@@H](c2ccccc2)[C@H]1C)[C@@H](O)CC1Cc2cc(OC)ccc21)C(F)(F)F. The first-order chi connectivity index (χ1) is 16.5. The number of alkyl halides is 3. The van der Waals surface area contributed by atoms with Gasteiger partial charge in [-0.3, -0.25) is 4.79 Å². The molecule has 2 aromatic carbocycles. The Balaban J connectivity index is 1.57. The fourth-order valence-electron chi connectivity index (χ4n) is 4.88. The monoisotopic (exact) mass is 489 g/mol. The van der Waals surface area contributed by atoms with Crippen LogP contribution in [-0.2, 0) is 16.0 Å². The van der Waals surface area contributed by atoms with Crippen LogP contribution in [0.3, 0.4) is 0 Å². The van der Waals surface area contributed by atoms with Gasteiger partial charge in [0.25, 0.3) is 0 Å². The molecule has 35 heavy (non-hydrogen) atoms. The summed E-state index contributed by atoms with van der Waals surface area (Å²) in [6, 6.07) is 13.1. The Labute approximate surface area is 200 Å². The van der Waals surface area contributed by atoms with Crippen molar-refractivity contribution in [2.45, 2.75) is 50.1 Å². The topological polar surface area (TPSA) is 76.1 Å². The highest BCUT2D eigenvalue weighted by Crippen LogP contribution is 2.44. The third-order valence-electron chi connectivity index (χ3n) is 6.81. The number of amides is 2. The molecule has 0 saturated carbocycles. The third-order valence-corrected chi connectivity index (χ3v) is 6.81. The molecule has 2 amide bonds. The molecule has 0 spiro atoms. The molecule has 2 aromatic rings. The maximum absolute atomic E-state index is 13.7. The number of methoxy groups -OCH3 is 1. The van der Waals surface area contributed by atoms with Crippen LogP contribution in [0, 0.1) is 5.92 Å². The van der Waals surface area contributed by atoms with Crippen molar-refractivity contribution in [3.8, 4) is 5.75 Å². The molecule has 5 atom stereocenters. The van der Waals surface area contributed by atoms with E-state index in [4.69, 9.17) is 9.47 Å². The first kappa shape index (κ1) is 24.8. The third kappa shape index (κ3) is 4.65. The van der Waals surface area contributed by atoms with Gasteiger partial charge in [-0.2, -0.15) is 13.2 Å². The van der Waals surface area contributed by atoms with Gasteiger partial charge in [0.15, 0.2) is 0 Å². The van der Waals surface area contributed by atoms with E-state index in [0.717, 1.165) is 11.1 Å². The van der Waals surface area contributed by atoms with Crippen LogP contribution in [0.1, 0.15) is 42.1 Å². The number of aliphatic hydroxyl groups excluding tert-OH is 1. The number of hydrogen-bond donors (Lipinski definition) is 1. The summed E-state index contributed by atoms with van der Waals surface area (Å²) in [4.78, 5) is 26.6. The van der Waals surface area contributed by atoms with E-state index in [1.54, 1.807) is 42.5 Å². The zero-order valence-corrected chi connectivity index (χ0v) is 19.3. The standard InChI is InChI=1S/C26H26F3NO5/c1-14(26(27,28)29)22(21(31)13-18-11-17-12-19(34-3)9-10-20(17)18)24(32)30-15(2)23(35-25(30)33)16-7-5-4-6-8-16/h4-10,12,15,18,21-23,31H,1,11,13H2,2-3H3/t15-,18?,21+,22-,23-/m1/s1. The van der Waals surface area contributed by atoms with Gasteiger partial charge in [-0.1, -0.05) is 43.0 Å². The summed E-state index contributed by atoms with van der Waals surface area (Å²) >= 11 is 0. The number of benzene rings is 2. The molecular formula is C26H26F3NO5. The zero-order chi connectivity index (χ0) is 25.5. The van der Waals surface area contributed by atoms with Crippen molar-refractivity contribution in [2.75, 3.05) is 7.11 Å². The lowest BCUT2D eigenvalue weighted by Crippen LogP contribution is -2.48. The Kier molecular flexibility index (Phi) is 6.64. The lowest BCUT2D eigenvalue weighted by atomic mass is 9.72. The Morgan fingerprint density at radius 2 is 1.94 bits per heavy atom. The lowest BCUT2D eigenvalue weighted by Gasteiger charge is -2.35. The van der Waals surface area contributed by atoms with Crippen LogP contribution in [0.2, 0.25) is 0 Å². The molecule has 186 valence electrons. The first-order valence-electron chi connectivity index (χ1n) is 11.2. The van der Waals surface area contributed by atoms with Crippen LogP contribution in [0.15, 0.2) is 60.7 Å². The van der Waals surface area contributed by atoms with Crippen molar-refractivity contribution in [1.82, 2.24) is 4.90 Å². The molecule has 6 nitrogen and oxygen atoms in total. The van der Waals surface area contributed by atoms with E-state index in [0.29, 0.717) is 22.6 Å². The fourth-order valence-corrected chi connectivity index (χ4v) is 4.88. The number of cyclic esters (lactones) is 1. The van der Waals surface area contributed by atoms with Crippen LogP contribution in [-0.4, -0.2) is 47.4 Å². The predicted molar refractivity (Wildman–Crippen MR) is 121 cm³/mol. The second-order valence-electron chi connectivity index (χ2n) is 8.93. The summed E-state index contributed by atoms with van der Waals surface area (Å²) in [5.74, 6) is -2.79. The van der Waals surface area contributed by atoms with Gasteiger partial charge in [-0.05, 0) is 54.5 Å². The molecule has 2 aliphatic rings. The number of imide groups is 1. The molecule has 4 rings (SSSR count). The molecule has 1 saturated heterocycles. The molecule has 9 heteroatoms. The highest BCUT2D eigenvalue weighted by Gasteiger charge is 2.51. The minimum Gasteiger partial charge on any atom is -0.497 e. The number of carbonyl (C=O) groups is 2. The summed E-state index contributed by atoms with van der Waals surface area (Å²) in [6.07, 6.45) is -8.08. The van der Waals surface area contributed by atoms with Gasteiger partial charge in [0.1, 0.15) is 11.9 Å². The van der Waals surface area contributed by atoms with Gasteiger partial charge in [0.05, 0.1) is 25.2 Å². The molecule has 1 fully saturated rings. The smallest absolute Gasteiger partial charge is 0.417 e. The Hall–Kier alpha value is -3.33. The first-order valence-corrected chi connectivity index (χ1v) is 11.2. The summed E-state index contributed by atoms with van der Waals surface area (Å²) < 4.78 is 51.6. The minimum absolute atomic E-state index is 0.0930. The summed E-state index contributed by atoms with van der Waals surface area (Å²) in [7, 11) is 1.54. The summed E-state index contributed by atoms with van der Waals surface area (Å²) in [6.45, 7) is 4.61. The molecule has 0 radical (unpaired) electrons. The van der Waals surface area contributed by atoms with Gasteiger partial charge in [-0.25, -0.2) is 9.69 Å². The van der Waals surface area contributed by atoms with E-state index < -0.39 is 47.9 Å². The molecule has 1 N–H and O–H groups in total. The van der Waals surface area contributed by atoms with Crippen LogP contribution in [0.25, 0.3) is 0 Å². The average molecular weight is 489 g/mol. The van der Waals surface area contributed by atoms with Crippen molar-refractivity contribution in [1.29, 1.82) is 0 Å². The zero-order valence-electron chi connectivity index (χ0n) is 19.3. The molecule has 1 heterocycles. The highest BCUT2D eigenvalue weighted by molar-refractivity contribution is 5.96. The van der Waals surface area contributed by atoms with E-state index in [2.05, 4.69) is 6.58 Å². The second kappa shape index (κ2) is 9.37. The number of carbonyl (C=O) groups excluding carboxylic acids is 2. The van der Waals surface area contributed by atoms with Crippen LogP contribution >= 0.6 is 0 Å². The van der Waals surface area contributed by atoms with Gasteiger partial charge in [-0.15, -0.1) is 0 Å². The largest absolute Gasteiger partial charge is 0.497 e. The van der Waals surface area contributed by atoms with E-state index in [1.165, 1.54) is 14.0 Å². The molecule has 0 bridgehead atoms. The average Bonchev–Trinajstić information content (AvgIpc) is 3.10. The Morgan fingerprint density at radius 3 is 2.54 bits per heavy atom. The van der Waals surface area contributed by atoms with Gasteiger partial charge < -0.3 is 14.6 Å². The highest BCUT2D eigenvalue weighted by atomic mass is 19.4. The molecule has 1 unspecified atom stereocenters. The molecule has 0 aromatic heterocycles. The van der Waals surface area contributed by atoms with Gasteiger partial charge in [0.2, 0.25) is 5.91 Å². The van der Waals surface area contributed by atoms with Crippen molar-refractivity contribution in [3.05, 3.63) is 77.4 Å².